The molecule has 2 heterocycles. The summed E-state index contributed by atoms with van der Waals surface area (Å²) >= 11 is 0. The standard InChI is InChI=1S/C18H31N3/c1-7-16-9-8-14(3)21(16)17-10-13(2)19-11-15(17)12-20-18(4,5)6/h10-11,14,16,20H,7-9,12H2,1-6H3. The van der Waals surface area contributed by atoms with Gasteiger partial charge in [0.25, 0.3) is 0 Å². The Labute approximate surface area is 130 Å². The number of rotatable bonds is 4. The molecule has 2 unspecified atom stereocenters. The summed E-state index contributed by atoms with van der Waals surface area (Å²) in [4.78, 5) is 7.15. The zero-order chi connectivity index (χ0) is 15.6. The number of nitrogens with one attached hydrogen (secondary N) is 1. The highest BCUT2D eigenvalue weighted by molar-refractivity contribution is 5.56. The molecule has 1 aromatic rings. The Morgan fingerprint density at radius 2 is 2.05 bits per heavy atom. The van der Waals surface area contributed by atoms with E-state index in [-0.39, 0.29) is 5.54 Å². The molecular formula is C18H31N3. The predicted molar refractivity (Wildman–Crippen MR) is 90.8 cm³/mol. The van der Waals surface area contributed by atoms with E-state index in [1.54, 1.807) is 0 Å². The third-order valence-corrected chi connectivity index (χ3v) is 4.44. The Morgan fingerprint density at radius 1 is 1.33 bits per heavy atom. The van der Waals surface area contributed by atoms with Crippen LogP contribution in [0, 0.1) is 6.92 Å². The second kappa shape index (κ2) is 6.35. The first kappa shape index (κ1) is 16.3. The fraction of sp³-hybridized carbons (Fsp3) is 0.722. The molecule has 1 saturated heterocycles. The molecule has 2 atom stereocenters. The van der Waals surface area contributed by atoms with E-state index in [4.69, 9.17) is 0 Å². The molecule has 0 saturated carbocycles. The van der Waals surface area contributed by atoms with Gasteiger partial charge in [-0.25, -0.2) is 0 Å². The maximum Gasteiger partial charge on any atom is 0.0450 e. The molecule has 2 rings (SSSR count). The molecule has 0 aromatic carbocycles. The smallest absolute Gasteiger partial charge is 0.0450 e. The Balaban J connectivity index is 2.30. The number of aryl methyl sites for hydroxylation is 1. The molecule has 0 spiro atoms. The minimum Gasteiger partial charge on any atom is -0.365 e. The van der Waals surface area contributed by atoms with Gasteiger partial charge in [0.2, 0.25) is 0 Å². The van der Waals surface area contributed by atoms with Crippen LogP contribution in [0.1, 0.15) is 65.1 Å². The monoisotopic (exact) mass is 289 g/mol. The lowest BCUT2D eigenvalue weighted by Gasteiger charge is -2.33. The molecule has 1 aliphatic heterocycles. The van der Waals surface area contributed by atoms with E-state index >= 15 is 0 Å². The molecule has 1 aliphatic rings. The summed E-state index contributed by atoms with van der Waals surface area (Å²) in [6.07, 6.45) is 5.89. The summed E-state index contributed by atoms with van der Waals surface area (Å²) in [5.41, 5.74) is 3.94. The quantitative estimate of drug-likeness (QED) is 0.906. The van der Waals surface area contributed by atoms with Gasteiger partial charge in [-0.3, -0.25) is 4.98 Å². The number of aromatic nitrogens is 1. The van der Waals surface area contributed by atoms with Crippen LogP contribution >= 0.6 is 0 Å². The largest absolute Gasteiger partial charge is 0.365 e. The van der Waals surface area contributed by atoms with Gasteiger partial charge in [0.05, 0.1) is 0 Å². The second-order valence-electron chi connectivity index (χ2n) is 7.45. The molecular weight excluding hydrogens is 258 g/mol. The number of pyridine rings is 1. The van der Waals surface area contributed by atoms with Gasteiger partial charge in [0.1, 0.15) is 0 Å². The van der Waals surface area contributed by atoms with Crippen LogP contribution in [0.4, 0.5) is 5.69 Å². The third kappa shape index (κ3) is 3.97. The van der Waals surface area contributed by atoms with Gasteiger partial charge >= 0.3 is 0 Å². The van der Waals surface area contributed by atoms with E-state index in [0.29, 0.717) is 12.1 Å². The molecule has 3 heteroatoms. The summed E-state index contributed by atoms with van der Waals surface area (Å²) in [6, 6.07) is 3.57. The molecule has 3 nitrogen and oxygen atoms in total. The van der Waals surface area contributed by atoms with E-state index in [1.165, 1.54) is 30.5 Å². The van der Waals surface area contributed by atoms with E-state index in [9.17, 15) is 0 Å². The number of nitrogens with zero attached hydrogens (tertiary/aromatic N) is 2. The molecule has 118 valence electrons. The van der Waals surface area contributed by atoms with Crippen molar-refractivity contribution in [1.82, 2.24) is 10.3 Å². The maximum absolute atomic E-state index is 4.52. The lowest BCUT2D eigenvalue weighted by atomic mass is 10.1. The van der Waals surface area contributed by atoms with Crippen molar-refractivity contribution >= 4 is 5.69 Å². The van der Waals surface area contributed by atoms with Crippen LogP contribution in [0.3, 0.4) is 0 Å². The van der Waals surface area contributed by atoms with Crippen molar-refractivity contribution in [2.24, 2.45) is 0 Å². The minimum atomic E-state index is 0.128. The van der Waals surface area contributed by atoms with Crippen molar-refractivity contribution in [2.45, 2.75) is 85.0 Å². The second-order valence-corrected chi connectivity index (χ2v) is 7.45. The van der Waals surface area contributed by atoms with Crippen molar-refractivity contribution in [1.29, 1.82) is 0 Å². The molecule has 0 bridgehead atoms. The summed E-state index contributed by atoms with van der Waals surface area (Å²) in [5.74, 6) is 0. The number of hydrogen-bond acceptors (Lipinski definition) is 3. The van der Waals surface area contributed by atoms with Gasteiger partial charge in [0.15, 0.2) is 0 Å². The van der Waals surface area contributed by atoms with Crippen LogP contribution in [0.5, 0.6) is 0 Å². The van der Waals surface area contributed by atoms with Crippen molar-refractivity contribution in [3.05, 3.63) is 23.5 Å². The lowest BCUT2D eigenvalue weighted by molar-refractivity contribution is 0.423. The Kier molecular flexibility index (Phi) is 4.92. The summed E-state index contributed by atoms with van der Waals surface area (Å²) in [5, 5.41) is 3.60. The van der Waals surface area contributed by atoms with E-state index in [0.717, 1.165) is 12.2 Å². The number of anilines is 1. The van der Waals surface area contributed by atoms with Gasteiger partial charge in [0, 0.05) is 47.3 Å². The van der Waals surface area contributed by atoms with E-state index in [2.05, 4.69) is 69.0 Å². The molecule has 21 heavy (non-hydrogen) atoms. The SMILES string of the molecule is CCC1CCC(C)N1c1cc(C)ncc1CNC(C)(C)C. The first-order valence-electron chi connectivity index (χ1n) is 8.30. The topological polar surface area (TPSA) is 28.2 Å². The minimum absolute atomic E-state index is 0.128. The first-order valence-corrected chi connectivity index (χ1v) is 8.30. The summed E-state index contributed by atoms with van der Waals surface area (Å²) in [7, 11) is 0. The van der Waals surface area contributed by atoms with Crippen molar-refractivity contribution < 1.29 is 0 Å². The van der Waals surface area contributed by atoms with E-state index < -0.39 is 0 Å². The normalized spacial score (nSPS) is 22.9. The van der Waals surface area contributed by atoms with Gasteiger partial charge in [-0.05, 0) is 59.9 Å². The Morgan fingerprint density at radius 3 is 2.67 bits per heavy atom. The highest BCUT2D eigenvalue weighted by Crippen LogP contribution is 2.34. The highest BCUT2D eigenvalue weighted by atomic mass is 15.2. The average Bonchev–Trinajstić information content (AvgIpc) is 2.77. The van der Waals surface area contributed by atoms with E-state index in [1.807, 2.05) is 0 Å². The summed E-state index contributed by atoms with van der Waals surface area (Å²) in [6.45, 7) is 14.3. The first-order chi connectivity index (χ1) is 9.81. The Hall–Kier alpha value is -1.09. The van der Waals surface area contributed by atoms with Crippen LogP contribution in [0.15, 0.2) is 12.3 Å². The third-order valence-electron chi connectivity index (χ3n) is 4.44. The van der Waals surface area contributed by atoms with Crippen LogP contribution in [-0.4, -0.2) is 22.6 Å². The van der Waals surface area contributed by atoms with Crippen LogP contribution in [0.25, 0.3) is 0 Å². The molecule has 1 N–H and O–H groups in total. The van der Waals surface area contributed by atoms with Crippen LogP contribution < -0.4 is 10.2 Å². The summed E-state index contributed by atoms with van der Waals surface area (Å²) < 4.78 is 0. The zero-order valence-electron chi connectivity index (χ0n) is 14.5. The van der Waals surface area contributed by atoms with Gasteiger partial charge in [-0.2, -0.15) is 0 Å². The molecule has 0 amide bonds. The molecule has 1 aromatic heterocycles. The highest BCUT2D eigenvalue weighted by Gasteiger charge is 2.31. The van der Waals surface area contributed by atoms with Crippen molar-refractivity contribution in [3.63, 3.8) is 0 Å². The fourth-order valence-electron chi connectivity index (χ4n) is 3.22. The molecule has 1 fully saturated rings. The zero-order valence-corrected chi connectivity index (χ0v) is 14.5. The average molecular weight is 289 g/mol. The maximum atomic E-state index is 4.52. The van der Waals surface area contributed by atoms with Crippen LogP contribution in [0.2, 0.25) is 0 Å². The van der Waals surface area contributed by atoms with Gasteiger partial charge in [-0.1, -0.05) is 6.92 Å². The molecule has 0 aliphatic carbocycles. The predicted octanol–water partition coefficient (Wildman–Crippen LogP) is 4.05. The van der Waals surface area contributed by atoms with Gasteiger partial charge in [-0.15, -0.1) is 0 Å². The fourth-order valence-corrected chi connectivity index (χ4v) is 3.22. The number of hydrogen-bond donors (Lipinski definition) is 1. The molecule has 0 radical (unpaired) electrons. The van der Waals surface area contributed by atoms with Crippen LogP contribution in [-0.2, 0) is 6.54 Å². The lowest BCUT2D eigenvalue weighted by Crippen LogP contribution is -2.38. The van der Waals surface area contributed by atoms with Gasteiger partial charge < -0.3 is 10.2 Å². The van der Waals surface area contributed by atoms with Crippen molar-refractivity contribution in [3.8, 4) is 0 Å². The van der Waals surface area contributed by atoms with Crippen molar-refractivity contribution in [2.75, 3.05) is 4.90 Å². The Bertz CT molecular complexity index is 476.